The molecule has 0 aliphatic carbocycles. The number of benzene rings is 6. The first-order chi connectivity index (χ1) is 21.8. The monoisotopic (exact) mass is 586 g/mol. The van der Waals surface area contributed by atoms with Gasteiger partial charge in [-0.2, -0.15) is 0 Å². The lowest BCUT2D eigenvalue weighted by Crippen LogP contribution is -2.04. The van der Waals surface area contributed by atoms with Gasteiger partial charge in [0, 0.05) is 33.4 Å². The molecule has 0 fully saturated rings. The van der Waals surface area contributed by atoms with Gasteiger partial charge in [-0.25, -0.2) is 0 Å². The minimum Gasteiger partial charge on any atom is -0.289 e. The van der Waals surface area contributed by atoms with Crippen LogP contribution in [0.15, 0.2) is 152 Å². The molecule has 6 rings (SSSR count). The highest BCUT2D eigenvalue weighted by atomic mass is 16.1. The molecular weight excluding hydrogens is 552 g/mol. The second-order valence-corrected chi connectivity index (χ2v) is 11.0. The summed E-state index contributed by atoms with van der Waals surface area (Å²) in [4.78, 5) is 37.8. The highest BCUT2D eigenvalue weighted by Gasteiger charge is 2.15. The number of carbonyl (C=O) groups excluding carboxylic acids is 3. The largest absolute Gasteiger partial charge is 0.289 e. The van der Waals surface area contributed by atoms with Crippen LogP contribution in [0.1, 0.15) is 64.5 Å². The summed E-state index contributed by atoms with van der Waals surface area (Å²) < 4.78 is 0. The van der Waals surface area contributed by atoms with Crippen LogP contribution in [0.3, 0.4) is 0 Å². The van der Waals surface area contributed by atoms with Crippen LogP contribution < -0.4 is 0 Å². The van der Waals surface area contributed by atoms with Gasteiger partial charge in [-0.15, -0.1) is 0 Å². The fraction of sp³-hybridized carbons (Fsp3) is 0.0714. The summed E-state index contributed by atoms with van der Waals surface area (Å²) in [5.41, 5.74) is 9.32. The quantitative estimate of drug-likeness (QED) is 0.175. The SMILES string of the molecule is Cc1ccc(C(=O)c2ccccc2)cc1.Cc1ccc(C(=O)c2ccccc2)cc1-c1cc(C(=O)c2ccccc2)ccc1C. The minimum absolute atomic E-state index is 0.00832. The number of carbonyl (C=O) groups is 3. The van der Waals surface area contributed by atoms with Crippen molar-refractivity contribution in [2.45, 2.75) is 20.8 Å². The Kier molecular flexibility index (Phi) is 9.71. The standard InChI is InChI=1S/C28H22O2.C14H12O/c1-19-13-15-23(27(29)21-9-5-3-6-10-21)17-25(19)26-18-24(16-14-20(26)2)28(30)22-11-7-4-8-12-22;1-11-7-9-13(10-8-11)14(15)12-5-3-2-4-6-12/h3-18H,1-2H3;2-10H,1H3. The van der Waals surface area contributed by atoms with E-state index >= 15 is 0 Å². The average molecular weight is 587 g/mol. The summed E-state index contributed by atoms with van der Waals surface area (Å²) in [6.45, 7) is 6.06. The van der Waals surface area contributed by atoms with Crippen molar-refractivity contribution in [3.8, 4) is 11.1 Å². The Bertz CT molecular complexity index is 1840. The van der Waals surface area contributed by atoms with Crippen LogP contribution in [-0.2, 0) is 0 Å². The Morgan fingerprint density at radius 2 is 0.622 bits per heavy atom. The van der Waals surface area contributed by atoms with Crippen molar-refractivity contribution >= 4 is 17.3 Å². The fourth-order valence-corrected chi connectivity index (χ4v) is 5.08. The number of aryl methyl sites for hydroxylation is 3. The highest BCUT2D eigenvalue weighted by Crippen LogP contribution is 2.30. The zero-order valence-corrected chi connectivity index (χ0v) is 25.7. The van der Waals surface area contributed by atoms with E-state index in [1.165, 1.54) is 5.56 Å². The van der Waals surface area contributed by atoms with Crippen LogP contribution in [-0.4, -0.2) is 17.3 Å². The van der Waals surface area contributed by atoms with Crippen LogP contribution in [0, 0.1) is 20.8 Å². The second-order valence-electron chi connectivity index (χ2n) is 11.0. The molecule has 0 atom stereocenters. The van der Waals surface area contributed by atoms with Gasteiger partial charge in [0.2, 0.25) is 0 Å². The van der Waals surface area contributed by atoms with E-state index < -0.39 is 0 Å². The molecule has 0 bridgehead atoms. The number of hydrogen-bond donors (Lipinski definition) is 0. The average Bonchev–Trinajstić information content (AvgIpc) is 3.10. The maximum Gasteiger partial charge on any atom is 0.193 e. The van der Waals surface area contributed by atoms with Crippen LogP contribution >= 0.6 is 0 Å². The first-order valence-corrected chi connectivity index (χ1v) is 14.9. The molecule has 0 heterocycles. The Morgan fingerprint density at radius 1 is 0.333 bits per heavy atom. The molecule has 220 valence electrons. The molecule has 0 radical (unpaired) electrons. The highest BCUT2D eigenvalue weighted by molar-refractivity contribution is 6.11. The van der Waals surface area contributed by atoms with E-state index in [2.05, 4.69) is 0 Å². The molecular formula is C42H34O3. The minimum atomic E-state index is -0.00832. The summed E-state index contributed by atoms with van der Waals surface area (Å²) in [7, 11) is 0. The maximum absolute atomic E-state index is 12.9. The molecule has 3 heteroatoms. The Labute approximate surface area is 264 Å². The summed E-state index contributed by atoms with van der Waals surface area (Å²) in [5, 5.41) is 0. The van der Waals surface area contributed by atoms with Crippen molar-refractivity contribution in [3.63, 3.8) is 0 Å². The van der Waals surface area contributed by atoms with Crippen LogP contribution in [0.4, 0.5) is 0 Å². The molecule has 0 amide bonds. The molecule has 0 N–H and O–H groups in total. The molecule has 0 spiro atoms. The smallest absolute Gasteiger partial charge is 0.193 e. The van der Waals surface area contributed by atoms with Gasteiger partial charge in [-0.1, -0.05) is 145 Å². The van der Waals surface area contributed by atoms with Crippen LogP contribution in [0.2, 0.25) is 0 Å². The zero-order valence-electron chi connectivity index (χ0n) is 25.7. The van der Waals surface area contributed by atoms with Gasteiger partial charge in [0.25, 0.3) is 0 Å². The van der Waals surface area contributed by atoms with Crippen molar-refractivity contribution in [3.05, 3.63) is 202 Å². The Hall–Kier alpha value is -5.67. The lowest BCUT2D eigenvalue weighted by molar-refractivity contribution is 0.103. The Balaban J connectivity index is 0.000000223. The number of rotatable bonds is 7. The predicted molar refractivity (Wildman–Crippen MR) is 182 cm³/mol. The van der Waals surface area contributed by atoms with Crippen LogP contribution in [0.5, 0.6) is 0 Å². The van der Waals surface area contributed by atoms with Gasteiger partial charge in [0.15, 0.2) is 17.3 Å². The van der Waals surface area contributed by atoms with Crippen molar-refractivity contribution in [2.24, 2.45) is 0 Å². The summed E-state index contributed by atoms with van der Waals surface area (Å²) >= 11 is 0. The van der Waals surface area contributed by atoms with Gasteiger partial charge in [0.05, 0.1) is 0 Å². The molecule has 0 saturated heterocycles. The van der Waals surface area contributed by atoms with Crippen molar-refractivity contribution in [2.75, 3.05) is 0 Å². The first kappa shape index (κ1) is 30.8. The van der Waals surface area contributed by atoms with E-state index in [1.54, 1.807) is 0 Å². The van der Waals surface area contributed by atoms with Gasteiger partial charge >= 0.3 is 0 Å². The summed E-state index contributed by atoms with van der Waals surface area (Å²) in [6.07, 6.45) is 0. The van der Waals surface area contributed by atoms with Crippen LogP contribution in [0.25, 0.3) is 11.1 Å². The molecule has 0 saturated carbocycles. The third-order valence-corrected chi connectivity index (χ3v) is 7.71. The molecule has 3 nitrogen and oxygen atoms in total. The second kappa shape index (κ2) is 14.2. The van der Waals surface area contributed by atoms with Gasteiger partial charge in [0.1, 0.15) is 0 Å². The molecule has 0 aromatic heterocycles. The normalized spacial score (nSPS) is 10.4. The number of ketones is 3. The van der Waals surface area contributed by atoms with Crippen molar-refractivity contribution in [1.29, 1.82) is 0 Å². The molecule has 45 heavy (non-hydrogen) atoms. The van der Waals surface area contributed by atoms with Gasteiger partial charge in [-0.05, 0) is 55.2 Å². The molecule has 0 aliphatic rings. The topological polar surface area (TPSA) is 51.2 Å². The molecule has 6 aromatic carbocycles. The van der Waals surface area contributed by atoms with E-state index in [1.807, 2.05) is 172 Å². The molecule has 6 aromatic rings. The number of hydrogen-bond acceptors (Lipinski definition) is 3. The van der Waals surface area contributed by atoms with E-state index in [-0.39, 0.29) is 17.3 Å². The first-order valence-electron chi connectivity index (χ1n) is 14.9. The van der Waals surface area contributed by atoms with E-state index in [0.717, 1.165) is 33.4 Å². The van der Waals surface area contributed by atoms with E-state index in [9.17, 15) is 14.4 Å². The lowest BCUT2D eigenvalue weighted by atomic mass is 9.90. The van der Waals surface area contributed by atoms with Crippen molar-refractivity contribution < 1.29 is 14.4 Å². The maximum atomic E-state index is 12.9. The lowest BCUT2D eigenvalue weighted by Gasteiger charge is -2.13. The van der Waals surface area contributed by atoms with Crippen molar-refractivity contribution in [1.82, 2.24) is 0 Å². The predicted octanol–water partition coefficient (Wildman–Crippen LogP) is 9.66. The van der Waals surface area contributed by atoms with E-state index in [4.69, 9.17) is 0 Å². The van der Waals surface area contributed by atoms with Gasteiger partial charge in [-0.3, -0.25) is 14.4 Å². The summed E-state index contributed by atoms with van der Waals surface area (Å²) in [6, 6.07) is 47.1. The third-order valence-electron chi connectivity index (χ3n) is 7.71. The third kappa shape index (κ3) is 7.46. The fourth-order valence-electron chi connectivity index (χ4n) is 5.08. The molecule has 0 unspecified atom stereocenters. The van der Waals surface area contributed by atoms with E-state index in [0.29, 0.717) is 22.3 Å². The Morgan fingerprint density at radius 3 is 0.978 bits per heavy atom. The van der Waals surface area contributed by atoms with Gasteiger partial charge < -0.3 is 0 Å². The molecule has 0 aliphatic heterocycles. The zero-order chi connectivity index (χ0) is 31.8. The summed E-state index contributed by atoms with van der Waals surface area (Å²) in [5.74, 6) is 0.0626.